The summed E-state index contributed by atoms with van der Waals surface area (Å²) in [7, 11) is 0. The maximum atomic E-state index is 13.8. The highest BCUT2D eigenvalue weighted by Crippen LogP contribution is 2.26. The average molecular weight is 462 g/mol. The number of imidazole rings is 1. The molecule has 0 spiro atoms. The lowest BCUT2D eigenvalue weighted by Gasteiger charge is -2.25. The number of H-pyrrole nitrogens is 1. The zero-order valence-electron chi connectivity index (χ0n) is 19.4. The Bertz CT molecular complexity index is 1310. The number of rotatable bonds is 4. The zero-order chi connectivity index (χ0) is 24.5. The van der Waals surface area contributed by atoms with Gasteiger partial charge in [0, 0.05) is 13.1 Å². The smallest absolute Gasteiger partial charge is 0.407 e. The molecule has 176 valence electrons. The number of alkyl carbamates (subject to hydrolysis) is 1. The molecule has 1 aromatic heterocycles. The van der Waals surface area contributed by atoms with Crippen LogP contribution in [0.3, 0.4) is 0 Å². The summed E-state index contributed by atoms with van der Waals surface area (Å²) in [5.74, 6) is -0.259. The number of amides is 2. The van der Waals surface area contributed by atoms with Crippen molar-refractivity contribution in [2.24, 2.45) is 0 Å². The van der Waals surface area contributed by atoms with Gasteiger partial charge in [0.2, 0.25) is 0 Å². The van der Waals surface area contributed by atoms with Crippen LogP contribution in [0.2, 0.25) is 0 Å². The molecular formula is C25H27N5O4. The Labute approximate surface area is 196 Å². The van der Waals surface area contributed by atoms with Crippen LogP contribution in [0.4, 0.5) is 4.79 Å². The molecule has 1 saturated heterocycles. The summed E-state index contributed by atoms with van der Waals surface area (Å²) in [6, 6.07) is 14.9. The minimum Gasteiger partial charge on any atom is -0.444 e. The number of aromatic amines is 1. The van der Waals surface area contributed by atoms with Crippen molar-refractivity contribution in [1.29, 1.82) is 5.26 Å². The minimum absolute atomic E-state index is 0.250. The lowest BCUT2D eigenvalue weighted by Crippen LogP contribution is -2.43. The summed E-state index contributed by atoms with van der Waals surface area (Å²) in [5.41, 5.74) is 1.02. The summed E-state index contributed by atoms with van der Waals surface area (Å²) in [5, 5.41) is 12.2. The first-order valence-electron chi connectivity index (χ1n) is 11.1. The molecule has 34 heavy (non-hydrogen) atoms. The Balaban J connectivity index is 1.65. The number of ether oxygens (including phenoxy) is 1. The Morgan fingerprint density at radius 1 is 1.21 bits per heavy atom. The molecule has 0 saturated carbocycles. The molecule has 4 rings (SSSR count). The summed E-state index contributed by atoms with van der Waals surface area (Å²) < 4.78 is 6.73. The fourth-order valence-electron chi connectivity index (χ4n) is 4.21. The van der Waals surface area contributed by atoms with Crippen molar-refractivity contribution >= 4 is 23.0 Å². The first-order valence-corrected chi connectivity index (χ1v) is 11.1. The standard InChI is InChI=1S/C25H27N5O4/c1-25(2,3)34-24(33)27-18-11-12-29(15-18)22(31)21(17-7-5-4-6-8-17)30-20-13-16(14-26)9-10-19(20)28-23(30)32/h4-10,13,18,21H,11-12,15H2,1-3H3,(H,27,33)(H,28,32)/t18?,21-/m0/s1. The predicted molar refractivity (Wildman–Crippen MR) is 126 cm³/mol. The fourth-order valence-corrected chi connectivity index (χ4v) is 4.21. The summed E-state index contributed by atoms with van der Waals surface area (Å²) in [6.07, 6.45) is 0.0525. The molecule has 9 heteroatoms. The number of carbonyl (C=O) groups excluding carboxylic acids is 2. The van der Waals surface area contributed by atoms with Gasteiger partial charge in [-0.15, -0.1) is 0 Å². The number of benzene rings is 2. The highest BCUT2D eigenvalue weighted by molar-refractivity contribution is 5.87. The van der Waals surface area contributed by atoms with Gasteiger partial charge in [0.25, 0.3) is 5.91 Å². The molecule has 1 unspecified atom stereocenters. The summed E-state index contributed by atoms with van der Waals surface area (Å²) >= 11 is 0. The van der Waals surface area contributed by atoms with Crippen LogP contribution in [0.5, 0.6) is 0 Å². The van der Waals surface area contributed by atoms with Crippen molar-refractivity contribution < 1.29 is 14.3 Å². The number of nitriles is 1. The number of nitrogens with zero attached hydrogens (tertiary/aromatic N) is 3. The number of carbonyl (C=O) groups is 2. The van der Waals surface area contributed by atoms with Gasteiger partial charge < -0.3 is 19.9 Å². The third kappa shape index (κ3) is 4.81. The predicted octanol–water partition coefficient (Wildman–Crippen LogP) is 2.92. The number of nitrogens with one attached hydrogen (secondary N) is 2. The van der Waals surface area contributed by atoms with Crippen LogP contribution in [0.25, 0.3) is 11.0 Å². The molecule has 1 aliphatic heterocycles. The molecule has 0 radical (unpaired) electrons. The van der Waals surface area contributed by atoms with Crippen molar-refractivity contribution in [3.8, 4) is 6.07 Å². The maximum Gasteiger partial charge on any atom is 0.407 e. The Morgan fingerprint density at radius 2 is 1.94 bits per heavy atom. The van der Waals surface area contributed by atoms with E-state index in [1.54, 1.807) is 56.0 Å². The first kappa shape index (κ1) is 23.1. The van der Waals surface area contributed by atoms with E-state index in [-0.39, 0.29) is 11.9 Å². The van der Waals surface area contributed by atoms with E-state index >= 15 is 0 Å². The van der Waals surface area contributed by atoms with Crippen molar-refractivity contribution in [1.82, 2.24) is 19.8 Å². The molecule has 2 heterocycles. The van der Waals surface area contributed by atoms with Crippen LogP contribution in [-0.4, -0.2) is 51.2 Å². The quantitative estimate of drug-likeness (QED) is 0.619. The second-order valence-corrected chi connectivity index (χ2v) is 9.37. The zero-order valence-corrected chi connectivity index (χ0v) is 19.4. The van der Waals surface area contributed by atoms with Crippen LogP contribution < -0.4 is 11.0 Å². The van der Waals surface area contributed by atoms with Gasteiger partial charge in [-0.25, -0.2) is 9.59 Å². The topological polar surface area (TPSA) is 120 Å². The second-order valence-electron chi connectivity index (χ2n) is 9.37. The number of aromatic nitrogens is 2. The van der Waals surface area contributed by atoms with Crippen molar-refractivity contribution in [2.75, 3.05) is 13.1 Å². The van der Waals surface area contributed by atoms with Gasteiger partial charge in [0.1, 0.15) is 11.6 Å². The Morgan fingerprint density at radius 3 is 2.62 bits per heavy atom. The summed E-state index contributed by atoms with van der Waals surface area (Å²) in [4.78, 5) is 43.4. The van der Waals surface area contributed by atoms with E-state index in [1.807, 2.05) is 18.2 Å². The van der Waals surface area contributed by atoms with E-state index in [4.69, 9.17) is 4.74 Å². The van der Waals surface area contributed by atoms with Gasteiger partial charge >= 0.3 is 11.8 Å². The number of hydrogen-bond donors (Lipinski definition) is 2. The maximum absolute atomic E-state index is 13.8. The SMILES string of the molecule is CC(C)(C)OC(=O)NC1CCN(C(=O)[C@H](c2ccccc2)n2c(=O)[nH]c3ccc(C#N)cc32)C1. The second kappa shape index (κ2) is 9.06. The third-order valence-corrected chi connectivity index (χ3v) is 5.67. The van der Waals surface area contributed by atoms with Crippen molar-refractivity contribution in [3.63, 3.8) is 0 Å². The number of likely N-dealkylation sites (tertiary alicyclic amines) is 1. The molecule has 1 fully saturated rings. The highest BCUT2D eigenvalue weighted by Gasteiger charge is 2.35. The normalized spacial score (nSPS) is 16.8. The number of hydrogen-bond acceptors (Lipinski definition) is 5. The van der Waals surface area contributed by atoms with E-state index in [2.05, 4.69) is 16.4 Å². The van der Waals surface area contributed by atoms with Crippen LogP contribution >= 0.6 is 0 Å². The van der Waals surface area contributed by atoms with Crippen LogP contribution in [0, 0.1) is 11.3 Å². The molecule has 2 atom stereocenters. The highest BCUT2D eigenvalue weighted by atomic mass is 16.6. The van der Waals surface area contributed by atoms with E-state index < -0.39 is 23.4 Å². The van der Waals surface area contributed by atoms with E-state index in [0.29, 0.717) is 41.7 Å². The lowest BCUT2D eigenvalue weighted by molar-refractivity contribution is -0.132. The minimum atomic E-state index is -0.920. The fraction of sp³-hybridized carbons (Fsp3) is 0.360. The lowest BCUT2D eigenvalue weighted by atomic mass is 10.0. The number of fused-ring (bicyclic) bond motifs is 1. The van der Waals surface area contributed by atoms with Crippen LogP contribution in [0.15, 0.2) is 53.3 Å². The van der Waals surface area contributed by atoms with Crippen LogP contribution in [-0.2, 0) is 9.53 Å². The van der Waals surface area contributed by atoms with E-state index in [9.17, 15) is 19.6 Å². The monoisotopic (exact) mass is 461 g/mol. The molecule has 3 aromatic rings. The van der Waals surface area contributed by atoms with Gasteiger partial charge in [0.05, 0.1) is 28.7 Å². The van der Waals surface area contributed by atoms with Crippen molar-refractivity contribution in [2.45, 2.75) is 44.9 Å². The van der Waals surface area contributed by atoms with Gasteiger partial charge in [-0.1, -0.05) is 30.3 Å². The Kier molecular flexibility index (Phi) is 6.16. The largest absolute Gasteiger partial charge is 0.444 e. The van der Waals surface area contributed by atoms with Gasteiger partial charge in [0.15, 0.2) is 0 Å². The molecular weight excluding hydrogens is 434 g/mol. The molecule has 0 aliphatic carbocycles. The van der Waals surface area contributed by atoms with E-state index in [1.165, 1.54) is 4.57 Å². The molecule has 2 aromatic carbocycles. The molecule has 9 nitrogen and oxygen atoms in total. The van der Waals surface area contributed by atoms with Gasteiger partial charge in [-0.3, -0.25) is 9.36 Å². The van der Waals surface area contributed by atoms with Gasteiger partial charge in [-0.05, 0) is 51.0 Å². The summed E-state index contributed by atoms with van der Waals surface area (Å²) in [6.45, 7) is 6.11. The van der Waals surface area contributed by atoms with Gasteiger partial charge in [-0.2, -0.15) is 5.26 Å². The molecule has 0 bridgehead atoms. The Hall–Kier alpha value is -4.06. The average Bonchev–Trinajstić information content (AvgIpc) is 3.37. The first-order chi connectivity index (χ1) is 16.2. The van der Waals surface area contributed by atoms with Crippen LogP contribution in [0.1, 0.15) is 44.4 Å². The third-order valence-electron chi connectivity index (χ3n) is 5.67. The van der Waals surface area contributed by atoms with Crippen molar-refractivity contribution in [3.05, 3.63) is 70.1 Å². The molecule has 2 amide bonds. The molecule has 1 aliphatic rings. The molecule has 2 N–H and O–H groups in total. The van der Waals surface area contributed by atoms with E-state index in [0.717, 1.165) is 0 Å².